The summed E-state index contributed by atoms with van der Waals surface area (Å²) in [7, 11) is 0. The highest BCUT2D eigenvalue weighted by Crippen LogP contribution is 2.26. The van der Waals surface area contributed by atoms with E-state index in [1.807, 2.05) is 18.2 Å². The molecule has 5 nitrogen and oxygen atoms in total. The lowest BCUT2D eigenvalue weighted by Gasteiger charge is -2.30. The molecular weight excluding hydrogens is 278 g/mol. The van der Waals surface area contributed by atoms with Crippen LogP contribution in [0.25, 0.3) is 0 Å². The fraction of sp³-hybridized carbons (Fsp3) is 0.294. The van der Waals surface area contributed by atoms with Crippen LogP contribution < -0.4 is 10.3 Å². The molecule has 0 radical (unpaired) electrons. The Kier molecular flexibility index (Phi) is 4.23. The number of nitrogens with one attached hydrogen (secondary N) is 1. The number of fused-ring (bicyclic) bond motifs is 1. The molecule has 1 N–H and O–H groups in total. The molecular formula is C17H19N3O2. The van der Waals surface area contributed by atoms with Gasteiger partial charge in [-0.3, -0.25) is 4.79 Å². The van der Waals surface area contributed by atoms with Crippen LogP contribution in [0.3, 0.4) is 0 Å². The first-order chi connectivity index (χ1) is 10.7. The highest BCUT2D eigenvalue weighted by Gasteiger charge is 2.18. The number of para-hydroxylation sites is 1. The summed E-state index contributed by atoms with van der Waals surface area (Å²) in [6.07, 6.45) is 3.73. The quantitative estimate of drug-likeness (QED) is 0.697. The molecule has 2 aromatic rings. The van der Waals surface area contributed by atoms with Gasteiger partial charge in [-0.1, -0.05) is 18.2 Å². The van der Waals surface area contributed by atoms with Crippen molar-refractivity contribution in [3.05, 3.63) is 54.0 Å². The number of furan rings is 1. The minimum absolute atomic E-state index is 0.123. The van der Waals surface area contributed by atoms with E-state index in [-0.39, 0.29) is 5.91 Å². The van der Waals surface area contributed by atoms with Crippen molar-refractivity contribution in [2.75, 3.05) is 18.0 Å². The van der Waals surface area contributed by atoms with Gasteiger partial charge in [0.25, 0.3) is 5.91 Å². The number of amides is 1. The molecule has 1 aliphatic heterocycles. The number of carbonyl (C=O) groups is 1. The SMILES string of the molecule is C/C(=N/NC(=O)CN1CCCc2ccccc21)c1ccco1. The zero-order valence-electron chi connectivity index (χ0n) is 12.6. The molecule has 2 heterocycles. The van der Waals surface area contributed by atoms with Gasteiger partial charge in [0.15, 0.2) is 0 Å². The molecule has 0 fully saturated rings. The molecule has 1 aromatic carbocycles. The first kappa shape index (κ1) is 14.4. The largest absolute Gasteiger partial charge is 0.463 e. The molecule has 1 aliphatic rings. The third-order valence-corrected chi connectivity index (χ3v) is 3.77. The minimum atomic E-state index is -0.123. The van der Waals surface area contributed by atoms with Gasteiger partial charge in [0, 0.05) is 12.2 Å². The van der Waals surface area contributed by atoms with Gasteiger partial charge in [0.05, 0.1) is 12.8 Å². The van der Waals surface area contributed by atoms with Crippen molar-refractivity contribution in [3.8, 4) is 0 Å². The van der Waals surface area contributed by atoms with E-state index in [0.717, 1.165) is 25.1 Å². The van der Waals surface area contributed by atoms with Crippen LogP contribution in [0.4, 0.5) is 5.69 Å². The molecule has 1 aromatic heterocycles. The monoisotopic (exact) mass is 297 g/mol. The van der Waals surface area contributed by atoms with Crippen LogP contribution in [-0.2, 0) is 11.2 Å². The third kappa shape index (κ3) is 3.19. The summed E-state index contributed by atoms with van der Waals surface area (Å²) in [6, 6.07) is 11.8. The van der Waals surface area contributed by atoms with Crippen molar-refractivity contribution in [1.29, 1.82) is 0 Å². The average Bonchev–Trinajstić information content (AvgIpc) is 3.07. The molecule has 0 bridgehead atoms. The molecule has 0 saturated heterocycles. The van der Waals surface area contributed by atoms with Crippen molar-refractivity contribution in [2.24, 2.45) is 5.10 Å². The predicted octanol–water partition coefficient (Wildman–Crippen LogP) is 2.57. The third-order valence-electron chi connectivity index (χ3n) is 3.77. The topological polar surface area (TPSA) is 57.8 Å². The number of rotatable bonds is 4. The predicted molar refractivity (Wildman–Crippen MR) is 86.0 cm³/mol. The first-order valence-electron chi connectivity index (χ1n) is 7.44. The number of aryl methyl sites for hydroxylation is 1. The normalized spacial score (nSPS) is 14.6. The maximum atomic E-state index is 12.1. The molecule has 3 rings (SSSR count). The molecule has 1 amide bonds. The molecule has 114 valence electrons. The molecule has 0 unspecified atom stereocenters. The summed E-state index contributed by atoms with van der Waals surface area (Å²) in [6.45, 7) is 3.01. The number of hydrogen-bond donors (Lipinski definition) is 1. The Morgan fingerprint density at radius 3 is 3.00 bits per heavy atom. The number of hydrazone groups is 1. The highest BCUT2D eigenvalue weighted by atomic mass is 16.3. The number of anilines is 1. The van der Waals surface area contributed by atoms with Crippen molar-refractivity contribution in [2.45, 2.75) is 19.8 Å². The molecule has 22 heavy (non-hydrogen) atoms. The van der Waals surface area contributed by atoms with Crippen LogP contribution in [0, 0.1) is 0 Å². The number of nitrogens with zero attached hydrogens (tertiary/aromatic N) is 2. The highest BCUT2D eigenvalue weighted by molar-refractivity contribution is 5.97. The lowest BCUT2D eigenvalue weighted by Crippen LogP contribution is -2.38. The Morgan fingerprint density at radius 2 is 2.18 bits per heavy atom. The van der Waals surface area contributed by atoms with Crippen molar-refractivity contribution in [1.82, 2.24) is 5.43 Å². The summed E-state index contributed by atoms with van der Waals surface area (Å²) in [5.74, 6) is 0.534. The second kappa shape index (κ2) is 6.47. The zero-order chi connectivity index (χ0) is 15.4. The molecule has 5 heteroatoms. The second-order valence-electron chi connectivity index (χ2n) is 5.36. The lowest BCUT2D eigenvalue weighted by molar-refractivity contribution is -0.119. The van der Waals surface area contributed by atoms with E-state index < -0.39 is 0 Å². The van der Waals surface area contributed by atoms with Gasteiger partial charge >= 0.3 is 0 Å². The lowest BCUT2D eigenvalue weighted by atomic mass is 10.0. The fourth-order valence-corrected chi connectivity index (χ4v) is 2.67. The number of benzene rings is 1. The van der Waals surface area contributed by atoms with Crippen LogP contribution >= 0.6 is 0 Å². The summed E-state index contributed by atoms with van der Waals surface area (Å²) in [5.41, 5.74) is 5.70. The summed E-state index contributed by atoms with van der Waals surface area (Å²) in [5, 5.41) is 4.08. The average molecular weight is 297 g/mol. The minimum Gasteiger partial charge on any atom is -0.463 e. The Bertz CT molecular complexity index is 677. The van der Waals surface area contributed by atoms with E-state index in [1.54, 1.807) is 19.3 Å². The Balaban J connectivity index is 1.62. The first-order valence-corrected chi connectivity index (χ1v) is 7.44. The van der Waals surface area contributed by atoms with E-state index in [9.17, 15) is 4.79 Å². The number of hydrogen-bond acceptors (Lipinski definition) is 4. The Labute approximate surface area is 129 Å². The van der Waals surface area contributed by atoms with Gasteiger partial charge in [0.1, 0.15) is 11.5 Å². The van der Waals surface area contributed by atoms with E-state index in [1.165, 1.54) is 5.56 Å². The molecule has 0 saturated carbocycles. The van der Waals surface area contributed by atoms with Crippen LogP contribution in [-0.4, -0.2) is 24.7 Å². The van der Waals surface area contributed by atoms with Crippen molar-refractivity contribution < 1.29 is 9.21 Å². The van der Waals surface area contributed by atoms with Crippen LogP contribution in [0.15, 0.2) is 52.2 Å². The number of carbonyl (C=O) groups excluding carboxylic acids is 1. The molecule has 0 aliphatic carbocycles. The van der Waals surface area contributed by atoms with Crippen molar-refractivity contribution in [3.63, 3.8) is 0 Å². The van der Waals surface area contributed by atoms with Gasteiger partial charge in [-0.15, -0.1) is 0 Å². The smallest absolute Gasteiger partial charge is 0.259 e. The van der Waals surface area contributed by atoms with Crippen LogP contribution in [0.2, 0.25) is 0 Å². The standard InChI is InChI=1S/C17H19N3O2/c1-13(16-9-5-11-22-16)18-19-17(21)12-20-10-4-7-14-6-2-3-8-15(14)20/h2-3,5-6,8-9,11H,4,7,10,12H2,1H3,(H,19,21)/b18-13-. The van der Waals surface area contributed by atoms with Crippen LogP contribution in [0.5, 0.6) is 0 Å². The summed E-state index contributed by atoms with van der Waals surface area (Å²) >= 11 is 0. The van der Waals surface area contributed by atoms with E-state index in [0.29, 0.717) is 18.0 Å². The van der Waals surface area contributed by atoms with E-state index >= 15 is 0 Å². The molecule has 0 atom stereocenters. The van der Waals surface area contributed by atoms with Gasteiger partial charge in [-0.25, -0.2) is 5.43 Å². The Hall–Kier alpha value is -2.56. The summed E-state index contributed by atoms with van der Waals surface area (Å²) in [4.78, 5) is 14.2. The maximum absolute atomic E-state index is 12.1. The van der Waals surface area contributed by atoms with E-state index in [4.69, 9.17) is 4.42 Å². The van der Waals surface area contributed by atoms with Crippen LogP contribution in [0.1, 0.15) is 24.7 Å². The van der Waals surface area contributed by atoms with Gasteiger partial charge < -0.3 is 9.32 Å². The van der Waals surface area contributed by atoms with Gasteiger partial charge in [-0.05, 0) is 43.5 Å². The van der Waals surface area contributed by atoms with Gasteiger partial charge in [0.2, 0.25) is 0 Å². The summed E-state index contributed by atoms with van der Waals surface area (Å²) < 4.78 is 5.23. The molecule has 0 spiro atoms. The second-order valence-corrected chi connectivity index (χ2v) is 5.36. The Morgan fingerprint density at radius 1 is 1.32 bits per heavy atom. The maximum Gasteiger partial charge on any atom is 0.259 e. The van der Waals surface area contributed by atoms with E-state index in [2.05, 4.69) is 27.6 Å². The van der Waals surface area contributed by atoms with Gasteiger partial charge in [-0.2, -0.15) is 5.10 Å². The zero-order valence-corrected chi connectivity index (χ0v) is 12.6. The van der Waals surface area contributed by atoms with Crippen molar-refractivity contribution >= 4 is 17.3 Å². The fourth-order valence-electron chi connectivity index (χ4n) is 2.67.